The SMILES string of the molecule is Cc1ccc2nc(-c3cccnc3N)n(-c3ccc(CN)cc3)c2n1. The highest BCUT2D eigenvalue weighted by Crippen LogP contribution is 2.30. The smallest absolute Gasteiger partial charge is 0.165 e. The van der Waals surface area contributed by atoms with Crippen molar-refractivity contribution in [2.24, 2.45) is 5.73 Å². The predicted octanol–water partition coefficient (Wildman–Crippen LogP) is 2.83. The number of nitrogens with two attached hydrogens (primary N) is 2. The monoisotopic (exact) mass is 330 g/mol. The molecular formula is C19H18N6. The number of aryl methyl sites for hydroxylation is 1. The molecule has 0 atom stereocenters. The summed E-state index contributed by atoms with van der Waals surface area (Å²) in [4.78, 5) is 13.6. The molecule has 1 aromatic carbocycles. The number of aromatic nitrogens is 4. The van der Waals surface area contributed by atoms with Gasteiger partial charge in [0.1, 0.15) is 11.3 Å². The highest BCUT2D eigenvalue weighted by atomic mass is 15.1. The Morgan fingerprint density at radius 1 is 1.00 bits per heavy atom. The molecule has 0 amide bonds. The topological polar surface area (TPSA) is 95.6 Å². The average molecular weight is 330 g/mol. The predicted molar refractivity (Wildman–Crippen MR) is 99.1 cm³/mol. The van der Waals surface area contributed by atoms with Crippen molar-refractivity contribution in [3.8, 4) is 17.1 Å². The largest absolute Gasteiger partial charge is 0.383 e. The van der Waals surface area contributed by atoms with Crippen LogP contribution in [-0.4, -0.2) is 19.5 Å². The lowest BCUT2D eigenvalue weighted by Crippen LogP contribution is -2.03. The standard InChI is InChI=1S/C19H18N6/c1-12-4-9-16-19(23-12)25(14-7-5-13(11-20)6-8-14)18(24-16)15-3-2-10-22-17(15)21/h2-10H,11,20H2,1H3,(H2,21,22). The van der Waals surface area contributed by atoms with Crippen LogP contribution < -0.4 is 11.5 Å². The van der Waals surface area contributed by atoms with Crippen molar-refractivity contribution >= 4 is 17.0 Å². The van der Waals surface area contributed by atoms with Gasteiger partial charge in [0.05, 0.1) is 5.56 Å². The first-order chi connectivity index (χ1) is 12.2. The Bertz CT molecular complexity index is 1050. The number of nitrogen functional groups attached to an aromatic ring is 1. The van der Waals surface area contributed by atoms with Crippen LogP contribution in [-0.2, 0) is 6.54 Å². The lowest BCUT2D eigenvalue weighted by molar-refractivity contribution is 1.04. The van der Waals surface area contributed by atoms with Crippen LogP contribution in [0, 0.1) is 6.92 Å². The number of nitrogens with zero attached hydrogens (tertiary/aromatic N) is 4. The fraction of sp³-hybridized carbons (Fsp3) is 0.105. The summed E-state index contributed by atoms with van der Waals surface area (Å²) in [5.74, 6) is 1.16. The molecule has 25 heavy (non-hydrogen) atoms. The van der Waals surface area contributed by atoms with Crippen LogP contribution in [0.5, 0.6) is 0 Å². The molecule has 0 bridgehead atoms. The zero-order valence-corrected chi connectivity index (χ0v) is 13.8. The Labute approximate surface area is 145 Å². The Balaban J connectivity index is 2.03. The maximum atomic E-state index is 6.10. The molecule has 0 aliphatic rings. The lowest BCUT2D eigenvalue weighted by Gasteiger charge is -2.11. The van der Waals surface area contributed by atoms with E-state index in [0.29, 0.717) is 12.4 Å². The van der Waals surface area contributed by atoms with Gasteiger partial charge in [0.25, 0.3) is 0 Å². The fourth-order valence-corrected chi connectivity index (χ4v) is 2.86. The van der Waals surface area contributed by atoms with Crippen LogP contribution in [0.3, 0.4) is 0 Å². The molecule has 0 radical (unpaired) electrons. The first-order valence-corrected chi connectivity index (χ1v) is 8.03. The first-order valence-electron chi connectivity index (χ1n) is 8.03. The molecular weight excluding hydrogens is 312 g/mol. The van der Waals surface area contributed by atoms with Crippen LogP contribution in [0.25, 0.3) is 28.2 Å². The zero-order valence-electron chi connectivity index (χ0n) is 13.8. The third-order valence-electron chi connectivity index (χ3n) is 4.15. The van der Waals surface area contributed by atoms with Gasteiger partial charge in [-0.1, -0.05) is 12.1 Å². The first kappa shape index (κ1) is 15.3. The quantitative estimate of drug-likeness (QED) is 0.602. The maximum absolute atomic E-state index is 6.10. The summed E-state index contributed by atoms with van der Waals surface area (Å²) in [6, 6.07) is 15.7. The van der Waals surface area contributed by atoms with Crippen molar-refractivity contribution in [3.05, 3.63) is 66.0 Å². The molecule has 0 spiro atoms. The molecule has 4 N–H and O–H groups in total. The van der Waals surface area contributed by atoms with Crippen LogP contribution in [0.1, 0.15) is 11.3 Å². The molecule has 6 heteroatoms. The third kappa shape index (κ3) is 2.62. The van der Waals surface area contributed by atoms with Gasteiger partial charge in [0.2, 0.25) is 0 Å². The highest BCUT2D eigenvalue weighted by molar-refractivity contribution is 5.82. The van der Waals surface area contributed by atoms with Gasteiger partial charge in [-0.3, -0.25) is 4.57 Å². The highest BCUT2D eigenvalue weighted by Gasteiger charge is 2.17. The van der Waals surface area contributed by atoms with E-state index in [-0.39, 0.29) is 0 Å². The zero-order chi connectivity index (χ0) is 17.4. The van der Waals surface area contributed by atoms with E-state index in [4.69, 9.17) is 16.5 Å². The Kier molecular flexibility index (Phi) is 3.66. The summed E-state index contributed by atoms with van der Waals surface area (Å²) in [6.07, 6.45) is 1.67. The van der Waals surface area contributed by atoms with Gasteiger partial charge in [-0.15, -0.1) is 0 Å². The summed E-state index contributed by atoms with van der Waals surface area (Å²) in [6.45, 7) is 2.47. The van der Waals surface area contributed by atoms with Gasteiger partial charge < -0.3 is 11.5 Å². The minimum atomic E-state index is 0.439. The number of rotatable bonds is 3. The van der Waals surface area contributed by atoms with Crippen molar-refractivity contribution in [1.82, 2.24) is 19.5 Å². The molecule has 0 saturated carbocycles. The Hall–Kier alpha value is -3.25. The van der Waals surface area contributed by atoms with Crippen LogP contribution in [0.2, 0.25) is 0 Å². The number of pyridine rings is 2. The molecule has 0 fully saturated rings. The molecule has 4 aromatic rings. The normalized spacial score (nSPS) is 11.1. The number of fused-ring (bicyclic) bond motifs is 1. The molecule has 0 saturated heterocycles. The minimum absolute atomic E-state index is 0.439. The molecule has 124 valence electrons. The van der Waals surface area contributed by atoms with E-state index in [1.54, 1.807) is 6.20 Å². The maximum Gasteiger partial charge on any atom is 0.165 e. The van der Waals surface area contributed by atoms with Gasteiger partial charge in [0.15, 0.2) is 11.5 Å². The van der Waals surface area contributed by atoms with Gasteiger partial charge in [-0.05, 0) is 48.9 Å². The van der Waals surface area contributed by atoms with E-state index in [1.165, 1.54) is 0 Å². The Morgan fingerprint density at radius 3 is 2.52 bits per heavy atom. The van der Waals surface area contributed by atoms with Gasteiger partial charge in [-0.2, -0.15) is 0 Å². The van der Waals surface area contributed by atoms with Crippen molar-refractivity contribution in [3.63, 3.8) is 0 Å². The lowest BCUT2D eigenvalue weighted by atomic mass is 10.2. The number of hydrogen-bond acceptors (Lipinski definition) is 5. The van der Waals surface area contributed by atoms with E-state index in [1.807, 2.05) is 60.0 Å². The van der Waals surface area contributed by atoms with Crippen molar-refractivity contribution in [2.75, 3.05) is 5.73 Å². The average Bonchev–Trinajstić information content (AvgIpc) is 3.00. The number of hydrogen-bond donors (Lipinski definition) is 2. The van der Waals surface area contributed by atoms with E-state index in [0.717, 1.165) is 39.5 Å². The fourth-order valence-electron chi connectivity index (χ4n) is 2.86. The second-order valence-corrected chi connectivity index (χ2v) is 5.87. The van der Waals surface area contributed by atoms with Gasteiger partial charge >= 0.3 is 0 Å². The molecule has 4 rings (SSSR count). The molecule has 3 heterocycles. The number of anilines is 1. The van der Waals surface area contributed by atoms with Gasteiger partial charge in [-0.25, -0.2) is 15.0 Å². The summed E-state index contributed by atoms with van der Waals surface area (Å²) in [7, 11) is 0. The molecule has 0 unspecified atom stereocenters. The van der Waals surface area contributed by atoms with Crippen molar-refractivity contribution in [2.45, 2.75) is 13.5 Å². The number of benzene rings is 1. The van der Waals surface area contributed by atoms with Crippen LogP contribution in [0.4, 0.5) is 5.82 Å². The summed E-state index contributed by atoms with van der Waals surface area (Å²) in [5, 5.41) is 0. The third-order valence-corrected chi connectivity index (χ3v) is 4.15. The second-order valence-electron chi connectivity index (χ2n) is 5.87. The van der Waals surface area contributed by atoms with Crippen molar-refractivity contribution < 1.29 is 0 Å². The molecule has 0 aliphatic heterocycles. The van der Waals surface area contributed by atoms with Crippen LogP contribution >= 0.6 is 0 Å². The summed E-state index contributed by atoms with van der Waals surface area (Å²) in [5.41, 5.74) is 17.1. The van der Waals surface area contributed by atoms with E-state index < -0.39 is 0 Å². The second kappa shape index (κ2) is 5.99. The van der Waals surface area contributed by atoms with E-state index >= 15 is 0 Å². The molecule has 0 aliphatic carbocycles. The summed E-state index contributed by atoms with van der Waals surface area (Å²) >= 11 is 0. The van der Waals surface area contributed by atoms with Gasteiger partial charge in [0, 0.05) is 24.1 Å². The number of imidazole rings is 1. The minimum Gasteiger partial charge on any atom is -0.383 e. The van der Waals surface area contributed by atoms with E-state index in [2.05, 4.69) is 9.97 Å². The van der Waals surface area contributed by atoms with Crippen LogP contribution in [0.15, 0.2) is 54.7 Å². The van der Waals surface area contributed by atoms with E-state index in [9.17, 15) is 0 Å². The molecule has 3 aromatic heterocycles. The van der Waals surface area contributed by atoms with Crippen molar-refractivity contribution in [1.29, 1.82) is 0 Å². The summed E-state index contributed by atoms with van der Waals surface area (Å²) < 4.78 is 2.01. The molecule has 6 nitrogen and oxygen atoms in total. The Morgan fingerprint density at radius 2 is 1.80 bits per heavy atom.